The normalized spacial score (nSPS) is 29.7. The fourth-order valence-corrected chi connectivity index (χ4v) is 3.75. The SMILES string of the molecule is NC1CCCC2CN(Cc3nc(-c4ccco4)no3)CC12. The van der Waals surface area contributed by atoms with Gasteiger partial charge in [0.25, 0.3) is 0 Å². The fraction of sp³-hybridized carbons (Fsp3) is 0.600. The molecule has 1 saturated carbocycles. The molecule has 0 aromatic carbocycles. The third-order valence-corrected chi connectivity index (χ3v) is 4.80. The number of fused-ring (bicyclic) bond motifs is 1. The van der Waals surface area contributed by atoms with Crippen molar-refractivity contribution in [2.24, 2.45) is 17.6 Å². The van der Waals surface area contributed by atoms with E-state index in [2.05, 4.69) is 15.0 Å². The summed E-state index contributed by atoms with van der Waals surface area (Å²) in [5.41, 5.74) is 6.25. The molecule has 2 fully saturated rings. The summed E-state index contributed by atoms with van der Waals surface area (Å²) in [7, 11) is 0. The summed E-state index contributed by atoms with van der Waals surface area (Å²) in [6, 6.07) is 4.01. The van der Waals surface area contributed by atoms with E-state index in [1.807, 2.05) is 12.1 Å². The number of aromatic nitrogens is 2. The highest BCUT2D eigenvalue weighted by atomic mass is 16.5. The molecule has 1 aliphatic heterocycles. The minimum Gasteiger partial charge on any atom is -0.461 e. The number of rotatable bonds is 3. The van der Waals surface area contributed by atoms with Gasteiger partial charge in [-0.3, -0.25) is 4.90 Å². The highest BCUT2D eigenvalue weighted by Crippen LogP contribution is 2.36. The van der Waals surface area contributed by atoms with Gasteiger partial charge < -0.3 is 14.7 Å². The first-order chi connectivity index (χ1) is 10.3. The van der Waals surface area contributed by atoms with Crippen molar-refractivity contribution in [3.05, 3.63) is 24.3 Å². The van der Waals surface area contributed by atoms with Crippen molar-refractivity contribution in [3.8, 4) is 11.6 Å². The predicted molar refractivity (Wildman–Crippen MR) is 76.1 cm³/mol. The summed E-state index contributed by atoms with van der Waals surface area (Å²) < 4.78 is 10.6. The van der Waals surface area contributed by atoms with Gasteiger partial charge in [-0.25, -0.2) is 0 Å². The average Bonchev–Trinajstić information content (AvgIpc) is 3.18. The first kappa shape index (κ1) is 13.0. The molecule has 6 nitrogen and oxygen atoms in total. The topological polar surface area (TPSA) is 81.3 Å². The molecule has 2 aliphatic rings. The molecule has 0 radical (unpaired) electrons. The Morgan fingerprint density at radius 2 is 2.29 bits per heavy atom. The summed E-state index contributed by atoms with van der Waals surface area (Å²) in [5.74, 6) is 3.17. The molecule has 6 heteroatoms. The lowest BCUT2D eigenvalue weighted by molar-refractivity contribution is 0.252. The van der Waals surface area contributed by atoms with E-state index in [9.17, 15) is 0 Å². The van der Waals surface area contributed by atoms with Crippen molar-refractivity contribution >= 4 is 0 Å². The molecule has 1 aliphatic carbocycles. The monoisotopic (exact) mass is 288 g/mol. The smallest absolute Gasteiger partial charge is 0.241 e. The van der Waals surface area contributed by atoms with Crippen molar-refractivity contribution in [1.82, 2.24) is 15.0 Å². The van der Waals surface area contributed by atoms with Gasteiger partial charge >= 0.3 is 0 Å². The van der Waals surface area contributed by atoms with Crippen LogP contribution in [-0.4, -0.2) is 34.2 Å². The van der Waals surface area contributed by atoms with Crippen LogP contribution in [0.4, 0.5) is 0 Å². The number of hydrogen-bond acceptors (Lipinski definition) is 6. The van der Waals surface area contributed by atoms with E-state index in [4.69, 9.17) is 14.7 Å². The van der Waals surface area contributed by atoms with Crippen LogP contribution in [0.25, 0.3) is 11.6 Å². The number of nitrogens with zero attached hydrogens (tertiary/aromatic N) is 3. The van der Waals surface area contributed by atoms with Gasteiger partial charge in [0.05, 0.1) is 12.8 Å². The molecule has 3 atom stereocenters. The Labute approximate surface area is 123 Å². The zero-order chi connectivity index (χ0) is 14.2. The van der Waals surface area contributed by atoms with Crippen LogP contribution in [0.5, 0.6) is 0 Å². The lowest BCUT2D eigenvalue weighted by atomic mass is 9.78. The molecule has 2 aromatic rings. The van der Waals surface area contributed by atoms with Gasteiger partial charge in [-0.15, -0.1) is 0 Å². The minimum absolute atomic E-state index is 0.357. The molecule has 1 saturated heterocycles. The maximum atomic E-state index is 6.25. The molecule has 112 valence electrons. The summed E-state index contributed by atoms with van der Waals surface area (Å²) in [6.07, 6.45) is 5.34. The van der Waals surface area contributed by atoms with Crippen molar-refractivity contribution in [1.29, 1.82) is 0 Å². The van der Waals surface area contributed by atoms with Gasteiger partial charge in [-0.2, -0.15) is 4.98 Å². The number of hydrogen-bond donors (Lipinski definition) is 1. The van der Waals surface area contributed by atoms with Gasteiger partial charge in [0, 0.05) is 19.1 Å². The molecule has 0 spiro atoms. The highest BCUT2D eigenvalue weighted by Gasteiger charge is 2.38. The summed E-state index contributed by atoms with van der Waals surface area (Å²) in [5, 5.41) is 3.98. The largest absolute Gasteiger partial charge is 0.461 e. The van der Waals surface area contributed by atoms with Gasteiger partial charge in [-0.05, 0) is 36.8 Å². The molecule has 0 amide bonds. The lowest BCUT2D eigenvalue weighted by Gasteiger charge is -2.29. The van der Waals surface area contributed by atoms with Gasteiger partial charge in [-0.1, -0.05) is 11.6 Å². The van der Waals surface area contributed by atoms with E-state index >= 15 is 0 Å². The first-order valence-corrected chi connectivity index (χ1v) is 7.64. The van der Waals surface area contributed by atoms with Crippen molar-refractivity contribution in [2.45, 2.75) is 31.8 Å². The third kappa shape index (κ3) is 2.49. The van der Waals surface area contributed by atoms with E-state index in [0.29, 0.717) is 36.0 Å². The Morgan fingerprint density at radius 1 is 1.33 bits per heavy atom. The van der Waals surface area contributed by atoms with Crippen molar-refractivity contribution in [3.63, 3.8) is 0 Å². The highest BCUT2D eigenvalue weighted by molar-refractivity contribution is 5.44. The number of likely N-dealkylation sites (tertiary alicyclic amines) is 1. The van der Waals surface area contributed by atoms with Crippen LogP contribution in [0.2, 0.25) is 0 Å². The Kier molecular flexibility index (Phi) is 3.27. The molecule has 2 N–H and O–H groups in total. The molecule has 0 bridgehead atoms. The maximum absolute atomic E-state index is 6.25. The van der Waals surface area contributed by atoms with E-state index in [1.165, 1.54) is 12.8 Å². The van der Waals surface area contributed by atoms with E-state index < -0.39 is 0 Å². The fourth-order valence-electron chi connectivity index (χ4n) is 3.75. The van der Waals surface area contributed by atoms with Crippen LogP contribution in [0.3, 0.4) is 0 Å². The minimum atomic E-state index is 0.357. The molecular weight excluding hydrogens is 268 g/mol. The second-order valence-electron chi connectivity index (χ2n) is 6.20. The van der Waals surface area contributed by atoms with Gasteiger partial charge in [0.15, 0.2) is 5.76 Å². The van der Waals surface area contributed by atoms with Crippen molar-refractivity contribution in [2.75, 3.05) is 13.1 Å². The zero-order valence-electron chi connectivity index (χ0n) is 11.9. The molecule has 3 unspecified atom stereocenters. The Balaban J connectivity index is 1.43. The summed E-state index contributed by atoms with van der Waals surface area (Å²) in [4.78, 5) is 6.80. The number of nitrogens with two attached hydrogens (primary N) is 1. The van der Waals surface area contributed by atoms with Gasteiger partial charge in [0.2, 0.25) is 11.7 Å². The van der Waals surface area contributed by atoms with Crippen LogP contribution in [-0.2, 0) is 6.54 Å². The first-order valence-electron chi connectivity index (χ1n) is 7.64. The second kappa shape index (κ2) is 5.27. The standard InChI is InChI=1S/C15H20N4O2/c16-12-4-1-3-10-7-19(8-11(10)12)9-14-17-15(18-21-14)13-5-2-6-20-13/h2,5-6,10-12H,1,3-4,7-9,16H2. The second-order valence-corrected chi connectivity index (χ2v) is 6.20. The zero-order valence-corrected chi connectivity index (χ0v) is 11.9. The summed E-state index contributed by atoms with van der Waals surface area (Å²) in [6.45, 7) is 2.84. The van der Waals surface area contributed by atoms with Crippen LogP contribution in [0.15, 0.2) is 27.3 Å². The Hall–Kier alpha value is -1.66. The quantitative estimate of drug-likeness (QED) is 0.928. The summed E-state index contributed by atoms with van der Waals surface area (Å²) >= 11 is 0. The molecule has 2 aromatic heterocycles. The van der Waals surface area contributed by atoms with Crippen LogP contribution in [0, 0.1) is 11.8 Å². The molecular formula is C15H20N4O2. The lowest BCUT2D eigenvalue weighted by Crippen LogP contribution is -2.38. The van der Waals surface area contributed by atoms with Crippen LogP contribution >= 0.6 is 0 Å². The van der Waals surface area contributed by atoms with Crippen molar-refractivity contribution < 1.29 is 8.94 Å². The third-order valence-electron chi connectivity index (χ3n) is 4.80. The Morgan fingerprint density at radius 3 is 3.10 bits per heavy atom. The van der Waals surface area contributed by atoms with E-state index in [-0.39, 0.29) is 0 Å². The molecule has 4 rings (SSSR count). The molecule has 21 heavy (non-hydrogen) atoms. The van der Waals surface area contributed by atoms with Crippen LogP contribution < -0.4 is 5.73 Å². The predicted octanol–water partition coefficient (Wildman–Crippen LogP) is 1.89. The number of furan rings is 1. The van der Waals surface area contributed by atoms with E-state index in [0.717, 1.165) is 25.4 Å². The van der Waals surface area contributed by atoms with Gasteiger partial charge in [0.1, 0.15) is 0 Å². The van der Waals surface area contributed by atoms with E-state index in [1.54, 1.807) is 6.26 Å². The molecule has 3 heterocycles. The Bertz CT molecular complexity index is 595. The maximum Gasteiger partial charge on any atom is 0.241 e. The van der Waals surface area contributed by atoms with Crippen LogP contribution in [0.1, 0.15) is 25.2 Å². The average molecular weight is 288 g/mol.